The Hall–Kier alpha value is -3.58. The van der Waals surface area contributed by atoms with Gasteiger partial charge in [-0.15, -0.1) is 0 Å². The minimum absolute atomic E-state index is 0.282. The van der Waals surface area contributed by atoms with E-state index in [1.54, 1.807) is 18.2 Å². The van der Waals surface area contributed by atoms with Crippen molar-refractivity contribution in [2.75, 3.05) is 6.61 Å². The first-order valence-corrected chi connectivity index (χ1v) is 8.67. The second-order valence-electron chi connectivity index (χ2n) is 6.16. The fraction of sp³-hybridized carbons (Fsp3) is 0.130. The maximum absolute atomic E-state index is 10.8. The van der Waals surface area contributed by atoms with Gasteiger partial charge in [-0.3, -0.25) is 0 Å². The lowest BCUT2D eigenvalue weighted by Gasteiger charge is -2.11. The van der Waals surface area contributed by atoms with Gasteiger partial charge in [-0.25, -0.2) is 4.79 Å². The fourth-order valence-electron chi connectivity index (χ4n) is 2.88. The van der Waals surface area contributed by atoms with E-state index >= 15 is 0 Å². The number of nitrogens with zero attached hydrogens (tertiary/aromatic N) is 1. The largest absolute Gasteiger partial charge is 0.493 e. The average molecular weight is 357 g/mol. The van der Waals surface area contributed by atoms with Crippen molar-refractivity contribution in [1.29, 1.82) is 5.26 Å². The number of nitriles is 1. The number of aliphatic carboxylic acids is 1. The minimum Gasteiger partial charge on any atom is -0.493 e. The number of hydrogen-bond acceptors (Lipinski definition) is 3. The zero-order valence-electron chi connectivity index (χ0n) is 14.8. The van der Waals surface area contributed by atoms with Crippen LogP contribution in [0.25, 0.3) is 16.8 Å². The van der Waals surface area contributed by atoms with E-state index in [0.29, 0.717) is 17.9 Å². The number of carboxylic acid groups (broad SMARTS) is 1. The molecule has 134 valence electrons. The van der Waals surface area contributed by atoms with E-state index in [1.807, 2.05) is 12.1 Å². The summed E-state index contributed by atoms with van der Waals surface area (Å²) >= 11 is 0. The SMILES string of the molecule is N#CCc1ccc(/C=C/C(=O)O)c(OCCc2ccc3ccccc3c2)c1. The average Bonchev–Trinajstić information content (AvgIpc) is 2.67. The summed E-state index contributed by atoms with van der Waals surface area (Å²) in [4.78, 5) is 10.8. The first-order chi connectivity index (χ1) is 13.2. The molecule has 0 heterocycles. The third-order valence-electron chi connectivity index (χ3n) is 4.23. The molecular formula is C23H19NO3. The van der Waals surface area contributed by atoms with Gasteiger partial charge in [0, 0.05) is 18.1 Å². The summed E-state index contributed by atoms with van der Waals surface area (Å²) in [5.74, 6) is -0.431. The van der Waals surface area contributed by atoms with Crippen molar-refractivity contribution in [3.8, 4) is 11.8 Å². The van der Waals surface area contributed by atoms with Crippen LogP contribution in [0.4, 0.5) is 0 Å². The van der Waals surface area contributed by atoms with Crippen molar-refractivity contribution >= 4 is 22.8 Å². The maximum atomic E-state index is 10.8. The van der Waals surface area contributed by atoms with Crippen LogP contribution < -0.4 is 4.74 Å². The molecule has 27 heavy (non-hydrogen) atoms. The van der Waals surface area contributed by atoms with Gasteiger partial charge in [0.05, 0.1) is 19.1 Å². The number of benzene rings is 3. The Labute approximate surface area is 157 Å². The van der Waals surface area contributed by atoms with E-state index in [4.69, 9.17) is 15.1 Å². The Morgan fingerprint density at radius 3 is 2.59 bits per heavy atom. The first-order valence-electron chi connectivity index (χ1n) is 8.67. The standard InChI is InChI=1S/C23H19NO3/c24-13-11-17-6-8-20(9-10-23(25)26)22(16-17)27-14-12-18-5-7-19-3-1-2-4-21(19)15-18/h1-10,15-16H,11-12,14H2,(H,25,26)/b10-9+. The Balaban J connectivity index is 1.73. The molecule has 3 rings (SSSR count). The number of fused-ring (bicyclic) bond motifs is 1. The number of carbonyl (C=O) groups is 1. The molecule has 0 amide bonds. The predicted octanol–water partition coefficient (Wildman–Crippen LogP) is 4.63. The van der Waals surface area contributed by atoms with Crippen LogP contribution in [0.1, 0.15) is 16.7 Å². The third-order valence-corrected chi connectivity index (χ3v) is 4.23. The van der Waals surface area contributed by atoms with E-state index in [2.05, 4.69) is 36.4 Å². The molecule has 0 atom stereocenters. The van der Waals surface area contributed by atoms with Crippen molar-refractivity contribution in [2.24, 2.45) is 0 Å². The van der Waals surface area contributed by atoms with E-state index in [1.165, 1.54) is 22.4 Å². The minimum atomic E-state index is -1.02. The molecule has 0 aliphatic heterocycles. The highest BCUT2D eigenvalue weighted by Crippen LogP contribution is 2.23. The summed E-state index contributed by atoms with van der Waals surface area (Å²) in [7, 11) is 0. The second kappa shape index (κ2) is 8.68. The first kappa shape index (κ1) is 18.2. The Kier molecular flexibility index (Phi) is 5.86. The van der Waals surface area contributed by atoms with Gasteiger partial charge in [0.1, 0.15) is 5.75 Å². The van der Waals surface area contributed by atoms with Gasteiger partial charge < -0.3 is 9.84 Å². The molecule has 0 aliphatic rings. The second-order valence-corrected chi connectivity index (χ2v) is 6.16. The maximum Gasteiger partial charge on any atom is 0.328 e. The molecule has 4 nitrogen and oxygen atoms in total. The number of carboxylic acids is 1. The normalized spacial score (nSPS) is 10.8. The van der Waals surface area contributed by atoms with Crippen LogP contribution in [0.5, 0.6) is 5.75 Å². The van der Waals surface area contributed by atoms with Crippen LogP contribution >= 0.6 is 0 Å². The molecule has 1 N–H and O–H groups in total. The highest BCUT2D eigenvalue weighted by molar-refractivity contribution is 5.86. The zero-order chi connectivity index (χ0) is 19.1. The van der Waals surface area contributed by atoms with Gasteiger partial charge in [-0.2, -0.15) is 5.26 Å². The van der Waals surface area contributed by atoms with E-state index in [9.17, 15) is 4.79 Å². The van der Waals surface area contributed by atoms with Gasteiger partial charge in [-0.05, 0) is 34.0 Å². The van der Waals surface area contributed by atoms with Gasteiger partial charge in [-0.1, -0.05) is 54.6 Å². The van der Waals surface area contributed by atoms with Crippen LogP contribution in [0.3, 0.4) is 0 Å². The smallest absolute Gasteiger partial charge is 0.328 e. The highest BCUT2D eigenvalue weighted by atomic mass is 16.5. The third kappa shape index (κ3) is 4.96. The lowest BCUT2D eigenvalue weighted by Crippen LogP contribution is -2.03. The Morgan fingerprint density at radius 2 is 1.81 bits per heavy atom. The van der Waals surface area contributed by atoms with Crippen LogP contribution in [-0.4, -0.2) is 17.7 Å². The van der Waals surface area contributed by atoms with Crippen LogP contribution in [0, 0.1) is 11.3 Å². The fourth-order valence-corrected chi connectivity index (χ4v) is 2.88. The molecule has 0 bridgehead atoms. The molecule has 0 spiro atoms. The quantitative estimate of drug-likeness (QED) is 0.626. The predicted molar refractivity (Wildman–Crippen MR) is 106 cm³/mol. The Morgan fingerprint density at radius 1 is 1.04 bits per heavy atom. The number of ether oxygens (including phenoxy) is 1. The van der Waals surface area contributed by atoms with Gasteiger partial charge in [0.15, 0.2) is 0 Å². The molecule has 3 aromatic carbocycles. The van der Waals surface area contributed by atoms with Gasteiger partial charge in [0.25, 0.3) is 0 Å². The van der Waals surface area contributed by atoms with Crippen molar-refractivity contribution < 1.29 is 14.6 Å². The highest BCUT2D eigenvalue weighted by Gasteiger charge is 2.05. The summed E-state index contributed by atoms with van der Waals surface area (Å²) in [5, 5.41) is 20.1. The van der Waals surface area contributed by atoms with E-state index < -0.39 is 5.97 Å². The zero-order valence-corrected chi connectivity index (χ0v) is 14.8. The lowest BCUT2D eigenvalue weighted by atomic mass is 10.1. The molecule has 0 saturated carbocycles. The molecule has 0 fully saturated rings. The van der Waals surface area contributed by atoms with E-state index in [-0.39, 0.29) is 6.42 Å². The number of rotatable bonds is 7. The lowest BCUT2D eigenvalue weighted by molar-refractivity contribution is -0.131. The topological polar surface area (TPSA) is 70.3 Å². The molecule has 0 radical (unpaired) electrons. The molecule has 4 heteroatoms. The molecule has 0 aromatic heterocycles. The summed E-state index contributed by atoms with van der Waals surface area (Å²) in [6.07, 6.45) is 3.60. The summed E-state index contributed by atoms with van der Waals surface area (Å²) in [6.45, 7) is 0.461. The van der Waals surface area contributed by atoms with E-state index in [0.717, 1.165) is 18.1 Å². The van der Waals surface area contributed by atoms with Crippen LogP contribution in [-0.2, 0) is 17.6 Å². The molecule has 0 unspecified atom stereocenters. The summed E-state index contributed by atoms with van der Waals surface area (Å²) in [5.41, 5.74) is 2.69. The van der Waals surface area contributed by atoms with Crippen molar-refractivity contribution in [3.05, 3.63) is 83.4 Å². The van der Waals surface area contributed by atoms with Crippen LogP contribution in [0.2, 0.25) is 0 Å². The molecule has 3 aromatic rings. The summed E-state index contributed by atoms with van der Waals surface area (Å²) in [6, 6.07) is 22.0. The van der Waals surface area contributed by atoms with Crippen LogP contribution in [0.15, 0.2) is 66.7 Å². The molecular weight excluding hydrogens is 338 g/mol. The molecule has 0 aliphatic carbocycles. The van der Waals surface area contributed by atoms with Gasteiger partial charge >= 0.3 is 5.97 Å². The Bertz CT molecular complexity index is 1030. The van der Waals surface area contributed by atoms with Crippen molar-refractivity contribution in [2.45, 2.75) is 12.8 Å². The molecule has 0 saturated heterocycles. The summed E-state index contributed by atoms with van der Waals surface area (Å²) < 4.78 is 5.92. The van der Waals surface area contributed by atoms with Crippen molar-refractivity contribution in [3.63, 3.8) is 0 Å². The monoisotopic (exact) mass is 357 g/mol. The number of hydrogen-bond donors (Lipinski definition) is 1. The van der Waals surface area contributed by atoms with Gasteiger partial charge in [0.2, 0.25) is 0 Å². The van der Waals surface area contributed by atoms with Crippen molar-refractivity contribution in [1.82, 2.24) is 0 Å².